The quantitative estimate of drug-likeness (QED) is 0.448. The van der Waals surface area contributed by atoms with Gasteiger partial charge in [-0.2, -0.15) is 0 Å². The van der Waals surface area contributed by atoms with Crippen molar-refractivity contribution in [2.24, 2.45) is 0 Å². The Bertz CT molecular complexity index is 1050. The van der Waals surface area contributed by atoms with Crippen LogP contribution in [-0.2, 0) is 0 Å². The van der Waals surface area contributed by atoms with Gasteiger partial charge in [0.15, 0.2) is 5.78 Å². The third kappa shape index (κ3) is 3.57. The van der Waals surface area contributed by atoms with Crippen LogP contribution in [0.25, 0.3) is 0 Å². The lowest BCUT2D eigenvalue weighted by atomic mass is 9.81. The summed E-state index contributed by atoms with van der Waals surface area (Å²) in [7, 11) is 0. The summed E-state index contributed by atoms with van der Waals surface area (Å²) in [5.41, 5.74) is 2.03. The van der Waals surface area contributed by atoms with Gasteiger partial charge in [0.25, 0.3) is 5.69 Å². The molecule has 0 N–H and O–H groups in total. The van der Waals surface area contributed by atoms with Crippen molar-refractivity contribution in [1.29, 1.82) is 0 Å². The van der Waals surface area contributed by atoms with E-state index in [2.05, 4.69) is 0 Å². The number of Topliss-reactive ketones (excluding diaryl/α,β-unsaturated/α-hetero) is 1. The second-order valence-corrected chi connectivity index (χ2v) is 6.73. The first-order valence-electron chi connectivity index (χ1n) is 9.35. The van der Waals surface area contributed by atoms with E-state index < -0.39 is 16.9 Å². The smallest absolute Gasteiger partial charge is 0.269 e. The second kappa shape index (κ2) is 7.75. The molecule has 3 aromatic rings. The van der Waals surface area contributed by atoms with Gasteiger partial charge in [-0.25, -0.2) is 0 Å². The van der Waals surface area contributed by atoms with Gasteiger partial charge >= 0.3 is 0 Å². The Hall–Kier alpha value is -3.67. The topological polar surface area (TPSA) is 78.7 Å². The number of nitrogens with zero attached hydrogens (tertiary/aromatic N) is 1. The molecule has 1 aliphatic rings. The Morgan fingerprint density at radius 3 is 2.38 bits per heavy atom. The maximum atomic E-state index is 13.4. The molecule has 146 valence electrons. The van der Waals surface area contributed by atoms with Crippen LogP contribution in [0.4, 0.5) is 5.69 Å². The molecular weight excluding hydrogens is 370 g/mol. The van der Waals surface area contributed by atoms with Gasteiger partial charge in [0.05, 0.1) is 23.0 Å². The molecule has 1 aliphatic heterocycles. The Morgan fingerprint density at radius 1 is 1.00 bits per heavy atom. The molecule has 0 aromatic heterocycles. The van der Waals surface area contributed by atoms with Crippen LogP contribution < -0.4 is 9.47 Å². The average Bonchev–Trinajstić information content (AvgIpc) is 2.74. The van der Waals surface area contributed by atoms with Crippen molar-refractivity contribution in [3.63, 3.8) is 0 Å². The molecule has 2 atom stereocenters. The van der Waals surface area contributed by atoms with Gasteiger partial charge in [0.1, 0.15) is 17.6 Å². The molecule has 0 saturated carbocycles. The second-order valence-electron chi connectivity index (χ2n) is 6.73. The zero-order chi connectivity index (χ0) is 20.4. The zero-order valence-corrected chi connectivity index (χ0v) is 15.8. The standard InChI is InChI=1S/C23H19NO5/c1-2-28-18-12-13-19-20(14-18)29-23(16-8-10-17(11-9-16)24(26)27)21(22(19)25)15-6-4-3-5-7-15/h3-14,21,23H,2H2,1H3/t21-,23+/m0/s1. The third-order valence-electron chi connectivity index (χ3n) is 4.96. The van der Waals surface area contributed by atoms with Crippen LogP contribution in [0.2, 0.25) is 0 Å². The monoisotopic (exact) mass is 389 g/mol. The summed E-state index contributed by atoms with van der Waals surface area (Å²) in [5, 5.41) is 11.0. The zero-order valence-electron chi connectivity index (χ0n) is 15.8. The van der Waals surface area contributed by atoms with Gasteiger partial charge in [-0.1, -0.05) is 30.3 Å². The molecular formula is C23H19NO5. The number of hydrogen-bond donors (Lipinski definition) is 0. The van der Waals surface area contributed by atoms with E-state index in [9.17, 15) is 14.9 Å². The summed E-state index contributed by atoms with van der Waals surface area (Å²) in [6.45, 7) is 2.39. The molecule has 0 radical (unpaired) electrons. The number of rotatable bonds is 5. The summed E-state index contributed by atoms with van der Waals surface area (Å²) in [6, 6.07) is 20.8. The molecule has 4 rings (SSSR count). The van der Waals surface area contributed by atoms with Crippen molar-refractivity contribution in [2.75, 3.05) is 6.61 Å². The van der Waals surface area contributed by atoms with Crippen molar-refractivity contribution in [3.8, 4) is 11.5 Å². The first-order valence-corrected chi connectivity index (χ1v) is 9.35. The molecule has 29 heavy (non-hydrogen) atoms. The minimum atomic E-state index is -0.602. The maximum Gasteiger partial charge on any atom is 0.269 e. The molecule has 0 fully saturated rings. The number of non-ortho nitro benzene ring substituents is 1. The minimum absolute atomic E-state index is 0.00817. The van der Waals surface area contributed by atoms with E-state index in [4.69, 9.17) is 9.47 Å². The van der Waals surface area contributed by atoms with Crippen LogP contribution in [0.5, 0.6) is 11.5 Å². The van der Waals surface area contributed by atoms with Gasteiger partial charge in [0, 0.05) is 18.2 Å². The summed E-state index contributed by atoms with van der Waals surface area (Å²) in [6.07, 6.45) is -0.602. The van der Waals surface area contributed by atoms with Crippen LogP contribution in [0.1, 0.15) is 40.4 Å². The number of ketones is 1. The van der Waals surface area contributed by atoms with E-state index in [-0.39, 0.29) is 11.5 Å². The number of nitro groups is 1. The van der Waals surface area contributed by atoms with Crippen LogP contribution in [0.15, 0.2) is 72.8 Å². The molecule has 1 heterocycles. The van der Waals surface area contributed by atoms with E-state index in [1.165, 1.54) is 12.1 Å². The molecule has 0 bridgehead atoms. The van der Waals surface area contributed by atoms with Crippen molar-refractivity contribution in [2.45, 2.75) is 18.9 Å². The van der Waals surface area contributed by atoms with Gasteiger partial charge < -0.3 is 9.47 Å². The number of benzene rings is 3. The predicted octanol–water partition coefficient (Wildman–Crippen LogP) is 5.09. The molecule has 3 aromatic carbocycles. The number of hydrogen-bond acceptors (Lipinski definition) is 5. The molecule has 6 heteroatoms. The van der Waals surface area contributed by atoms with Gasteiger partial charge in [-0.3, -0.25) is 14.9 Å². The third-order valence-corrected chi connectivity index (χ3v) is 4.96. The highest BCUT2D eigenvalue weighted by atomic mass is 16.6. The van der Waals surface area contributed by atoms with Crippen molar-refractivity contribution < 1.29 is 19.2 Å². The Kier molecular flexibility index (Phi) is 4.99. The highest BCUT2D eigenvalue weighted by molar-refractivity contribution is 6.04. The van der Waals surface area contributed by atoms with Crippen LogP contribution in [0, 0.1) is 10.1 Å². The number of carbonyl (C=O) groups is 1. The SMILES string of the molecule is CCOc1ccc2c(c1)O[C@H](c1ccc([N+](=O)[O-])cc1)[C@@H](c1ccccc1)C2=O. The highest BCUT2D eigenvalue weighted by Gasteiger charge is 2.39. The lowest BCUT2D eigenvalue weighted by Gasteiger charge is -2.33. The Balaban J connectivity index is 1.80. The lowest BCUT2D eigenvalue weighted by Crippen LogP contribution is -2.30. The fourth-order valence-corrected chi connectivity index (χ4v) is 3.60. The van der Waals surface area contributed by atoms with Gasteiger partial charge in [-0.05, 0) is 42.3 Å². The summed E-state index contributed by atoms with van der Waals surface area (Å²) < 4.78 is 11.8. The molecule has 0 spiro atoms. The summed E-state index contributed by atoms with van der Waals surface area (Å²) >= 11 is 0. The molecule has 0 amide bonds. The first-order chi connectivity index (χ1) is 14.1. The van der Waals surface area contributed by atoms with E-state index >= 15 is 0 Å². The van der Waals surface area contributed by atoms with Crippen LogP contribution in [-0.4, -0.2) is 17.3 Å². The fourth-order valence-electron chi connectivity index (χ4n) is 3.60. The number of carbonyl (C=O) groups excluding carboxylic acids is 1. The molecule has 0 aliphatic carbocycles. The predicted molar refractivity (Wildman–Crippen MR) is 108 cm³/mol. The van der Waals surface area contributed by atoms with Crippen LogP contribution in [0.3, 0.4) is 0 Å². The molecule has 6 nitrogen and oxygen atoms in total. The van der Waals surface area contributed by atoms with Crippen molar-refractivity contribution in [3.05, 3.63) is 99.6 Å². The first kappa shape index (κ1) is 18.7. The normalized spacial score (nSPS) is 17.9. The van der Waals surface area contributed by atoms with Gasteiger partial charge in [-0.15, -0.1) is 0 Å². The molecule has 0 saturated heterocycles. The number of nitro benzene ring substituents is 1. The van der Waals surface area contributed by atoms with E-state index in [0.29, 0.717) is 29.2 Å². The average molecular weight is 389 g/mol. The maximum absolute atomic E-state index is 13.4. The lowest BCUT2D eigenvalue weighted by molar-refractivity contribution is -0.384. The van der Waals surface area contributed by atoms with Crippen LogP contribution >= 0.6 is 0 Å². The minimum Gasteiger partial charge on any atom is -0.494 e. The van der Waals surface area contributed by atoms with Crippen molar-refractivity contribution >= 4 is 11.5 Å². The Labute approximate surface area is 167 Å². The van der Waals surface area contributed by atoms with Crippen molar-refractivity contribution in [1.82, 2.24) is 0 Å². The highest BCUT2D eigenvalue weighted by Crippen LogP contribution is 2.45. The Morgan fingerprint density at radius 2 is 1.72 bits per heavy atom. The number of ether oxygens (including phenoxy) is 2. The summed E-state index contributed by atoms with van der Waals surface area (Å²) in [5.74, 6) is 0.475. The fraction of sp³-hybridized carbons (Fsp3) is 0.174. The largest absolute Gasteiger partial charge is 0.494 e. The van der Waals surface area contributed by atoms with E-state index in [1.807, 2.05) is 37.3 Å². The number of fused-ring (bicyclic) bond motifs is 1. The van der Waals surface area contributed by atoms with E-state index in [0.717, 1.165) is 5.56 Å². The summed E-state index contributed by atoms with van der Waals surface area (Å²) in [4.78, 5) is 24.0. The van der Waals surface area contributed by atoms with E-state index in [1.54, 1.807) is 30.3 Å². The van der Waals surface area contributed by atoms with Gasteiger partial charge in [0.2, 0.25) is 0 Å². The molecule has 0 unspecified atom stereocenters.